The van der Waals surface area contributed by atoms with E-state index in [2.05, 4.69) is 20.4 Å². The van der Waals surface area contributed by atoms with Crippen molar-refractivity contribution < 1.29 is 5.11 Å². The molecular weight excluding hydrogens is 172 g/mol. The molecule has 3 unspecified atom stereocenters. The lowest BCUT2D eigenvalue weighted by molar-refractivity contribution is 0.0260. The molecule has 2 rings (SSSR count). The Hall–Kier alpha value is -0.300. The van der Waals surface area contributed by atoms with Crippen molar-refractivity contribution in [3.8, 4) is 0 Å². The van der Waals surface area contributed by atoms with Crippen molar-refractivity contribution in [1.29, 1.82) is 0 Å². The Morgan fingerprint density at radius 2 is 2.14 bits per heavy atom. The summed E-state index contributed by atoms with van der Waals surface area (Å²) >= 11 is 0. The molecule has 0 aliphatic heterocycles. The normalized spacial score (nSPS) is 44.2. The lowest BCUT2D eigenvalue weighted by atomic mass is 9.69. The second-order valence-corrected chi connectivity index (χ2v) is 6.11. The van der Waals surface area contributed by atoms with Gasteiger partial charge in [-0.1, -0.05) is 19.9 Å². The first-order valence-electron chi connectivity index (χ1n) is 5.78. The maximum absolute atomic E-state index is 9.99. The molecular formula is C13H22O. The standard InChI is InChI=1S/C13H22O/c1-4-5-6-13-7-10(13)11(14)8-12(2,3)9-13/h4,10-11,14H,1,5-9H2,2-3H3. The van der Waals surface area contributed by atoms with Crippen LogP contribution in [-0.2, 0) is 0 Å². The summed E-state index contributed by atoms with van der Waals surface area (Å²) in [7, 11) is 0. The molecule has 80 valence electrons. The molecule has 1 nitrogen and oxygen atoms in total. The monoisotopic (exact) mass is 194 g/mol. The molecule has 2 aliphatic carbocycles. The van der Waals surface area contributed by atoms with Gasteiger partial charge in [-0.2, -0.15) is 0 Å². The van der Waals surface area contributed by atoms with E-state index < -0.39 is 0 Å². The number of hydrogen-bond acceptors (Lipinski definition) is 1. The molecule has 1 heteroatoms. The van der Waals surface area contributed by atoms with Crippen LogP contribution in [0, 0.1) is 16.7 Å². The van der Waals surface area contributed by atoms with Crippen LogP contribution in [0.3, 0.4) is 0 Å². The zero-order valence-electron chi connectivity index (χ0n) is 9.42. The van der Waals surface area contributed by atoms with E-state index in [0.717, 1.165) is 12.8 Å². The van der Waals surface area contributed by atoms with Crippen molar-refractivity contribution in [2.45, 2.75) is 52.1 Å². The van der Waals surface area contributed by atoms with Gasteiger partial charge in [-0.3, -0.25) is 0 Å². The molecule has 1 N–H and O–H groups in total. The Morgan fingerprint density at radius 3 is 2.79 bits per heavy atom. The Balaban J connectivity index is 2.04. The van der Waals surface area contributed by atoms with Crippen LogP contribution in [0.25, 0.3) is 0 Å². The van der Waals surface area contributed by atoms with Crippen LogP contribution in [-0.4, -0.2) is 11.2 Å². The average Bonchev–Trinajstić information content (AvgIpc) is 2.74. The van der Waals surface area contributed by atoms with Crippen LogP contribution in [0.15, 0.2) is 12.7 Å². The van der Waals surface area contributed by atoms with E-state index in [0.29, 0.717) is 16.7 Å². The second-order valence-electron chi connectivity index (χ2n) is 6.11. The zero-order chi connectivity index (χ0) is 10.4. The van der Waals surface area contributed by atoms with E-state index in [1.165, 1.54) is 19.3 Å². The Labute approximate surface area is 87.2 Å². The Bertz CT molecular complexity index is 244. The van der Waals surface area contributed by atoms with Gasteiger partial charge in [0.1, 0.15) is 0 Å². The van der Waals surface area contributed by atoms with Crippen LogP contribution in [0.1, 0.15) is 46.0 Å². The highest BCUT2D eigenvalue weighted by Gasteiger charge is 2.61. The lowest BCUT2D eigenvalue weighted by Crippen LogP contribution is -2.33. The highest BCUT2D eigenvalue weighted by molar-refractivity contribution is 5.11. The van der Waals surface area contributed by atoms with E-state index in [9.17, 15) is 5.11 Å². The summed E-state index contributed by atoms with van der Waals surface area (Å²) in [6, 6.07) is 0. The van der Waals surface area contributed by atoms with Crippen molar-refractivity contribution in [1.82, 2.24) is 0 Å². The fourth-order valence-corrected chi connectivity index (χ4v) is 3.63. The summed E-state index contributed by atoms with van der Waals surface area (Å²) in [6.45, 7) is 8.37. The summed E-state index contributed by atoms with van der Waals surface area (Å²) in [6.07, 6.45) is 7.87. The fraction of sp³-hybridized carbons (Fsp3) is 0.846. The highest BCUT2D eigenvalue weighted by atomic mass is 16.3. The minimum atomic E-state index is -0.0384. The van der Waals surface area contributed by atoms with Gasteiger partial charge in [-0.05, 0) is 48.9 Å². The highest BCUT2D eigenvalue weighted by Crippen LogP contribution is 2.67. The van der Waals surface area contributed by atoms with E-state index in [1.807, 2.05) is 6.08 Å². The molecule has 3 atom stereocenters. The summed E-state index contributed by atoms with van der Waals surface area (Å²) in [5.41, 5.74) is 0.822. The van der Waals surface area contributed by atoms with E-state index >= 15 is 0 Å². The summed E-state index contributed by atoms with van der Waals surface area (Å²) in [5.74, 6) is 0.607. The SMILES string of the molecule is C=CCCC12CC1C(O)CC(C)(C)C2. The zero-order valence-corrected chi connectivity index (χ0v) is 9.42. The van der Waals surface area contributed by atoms with Crippen LogP contribution < -0.4 is 0 Å². The van der Waals surface area contributed by atoms with Crippen LogP contribution in [0.5, 0.6) is 0 Å². The topological polar surface area (TPSA) is 20.2 Å². The number of aliphatic hydroxyl groups excluding tert-OH is 1. The van der Waals surface area contributed by atoms with E-state index in [4.69, 9.17) is 0 Å². The third-order valence-electron chi connectivity index (χ3n) is 4.16. The van der Waals surface area contributed by atoms with Crippen LogP contribution in [0.2, 0.25) is 0 Å². The Kier molecular flexibility index (Phi) is 2.26. The van der Waals surface area contributed by atoms with Crippen molar-refractivity contribution in [3.63, 3.8) is 0 Å². The fourth-order valence-electron chi connectivity index (χ4n) is 3.63. The minimum absolute atomic E-state index is 0.0384. The predicted octanol–water partition coefficient (Wildman–Crippen LogP) is 3.14. The number of allylic oxidation sites excluding steroid dienone is 1. The first-order valence-corrected chi connectivity index (χ1v) is 5.78. The minimum Gasteiger partial charge on any atom is -0.393 e. The first-order chi connectivity index (χ1) is 6.49. The molecule has 14 heavy (non-hydrogen) atoms. The molecule has 0 spiro atoms. The third kappa shape index (κ3) is 1.63. The van der Waals surface area contributed by atoms with Gasteiger partial charge < -0.3 is 5.11 Å². The third-order valence-corrected chi connectivity index (χ3v) is 4.16. The molecule has 0 saturated heterocycles. The number of fused-ring (bicyclic) bond motifs is 1. The van der Waals surface area contributed by atoms with Gasteiger partial charge in [0.2, 0.25) is 0 Å². The van der Waals surface area contributed by atoms with Crippen molar-refractivity contribution in [2.24, 2.45) is 16.7 Å². The predicted molar refractivity (Wildman–Crippen MR) is 59.0 cm³/mol. The Morgan fingerprint density at radius 1 is 1.43 bits per heavy atom. The van der Waals surface area contributed by atoms with Crippen molar-refractivity contribution in [3.05, 3.63) is 12.7 Å². The second kappa shape index (κ2) is 3.10. The lowest BCUT2D eigenvalue weighted by Gasteiger charge is -2.38. The first kappa shape index (κ1) is 10.2. The molecule has 2 aliphatic rings. The largest absolute Gasteiger partial charge is 0.393 e. The van der Waals surface area contributed by atoms with Gasteiger partial charge in [-0.25, -0.2) is 0 Å². The molecule has 0 radical (unpaired) electrons. The van der Waals surface area contributed by atoms with Gasteiger partial charge in [0.25, 0.3) is 0 Å². The average molecular weight is 194 g/mol. The number of aliphatic hydroxyl groups is 1. The summed E-state index contributed by atoms with van der Waals surface area (Å²) in [4.78, 5) is 0. The molecule has 2 fully saturated rings. The number of rotatable bonds is 3. The summed E-state index contributed by atoms with van der Waals surface area (Å²) < 4.78 is 0. The van der Waals surface area contributed by atoms with Crippen LogP contribution >= 0.6 is 0 Å². The van der Waals surface area contributed by atoms with Gasteiger partial charge in [0.05, 0.1) is 6.10 Å². The molecule has 2 saturated carbocycles. The summed E-state index contributed by atoms with van der Waals surface area (Å²) in [5, 5.41) is 9.99. The number of hydrogen-bond donors (Lipinski definition) is 1. The van der Waals surface area contributed by atoms with Crippen molar-refractivity contribution in [2.75, 3.05) is 0 Å². The van der Waals surface area contributed by atoms with E-state index in [1.54, 1.807) is 0 Å². The quantitative estimate of drug-likeness (QED) is 0.684. The molecule has 0 amide bonds. The maximum Gasteiger partial charge on any atom is 0.0579 e. The maximum atomic E-state index is 9.99. The molecule has 0 heterocycles. The van der Waals surface area contributed by atoms with Crippen LogP contribution in [0.4, 0.5) is 0 Å². The van der Waals surface area contributed by atoms with E-state index in [-0.39, 0.29) is 6.10 Å². The molecule has 0 aromatic carbocycles. The van der Waals surface area contributed by atoms with Crippen molar-refractivity contribution >= 4 is 0 Å². The van der Waals surface area contributed by atoms with Gasteiger partial charge >= 0.3 is 0 Å². The van der Waals surface area contributed by atoms with Gasteiger partial charge in [-0.15, -0.1) is 6.58 Å². The smallest absolute Gasteiger partial charge is 0.0579 e. The molecule has 0 aromatic rings. The molecule has 0 aromatic heterocycles. The molecule has 0 bridgehead atoms. The van der Waals surface area contributed by atoms with Gasteiger partial charge in [0, 0.05) is 0 Å². The van der Waals surface area contributed by atoms with Gasteiger partial charge in [0.15, 0.2) is 0 Å².